The first kappa shape index (κ1) is 21.7. The van der Waals surface area contributed by atoms with E-state index in [1.165, 1.54) is 0 Å². The molecule has 1 aliphatic heterocycles. The largest absolute Gasteiger partial charge is 0.489 e. The highest BCUT2D eigenvalue weighted by Crippen LogP contribution is 2.29. The molecule has 30 heavy (non-hydrogen) atoms. The van der Waals surface area contributed by atoms with E-state index in [9.17, 15) is 9.59 Å². The molecule has 2 amide bonds. The average molecular weight is 429 g/mol. The van der Waals surface area contributed by atoms with Crippen LogP contribution in [-0.4, -0.2) is 18.6 Å². The normalized spacial score (nSPS) is 16.2. The van der Waals surface area contributed by atoms with Gasteiger partial charge in [-0.15, -0.1) is 0 Å². The van der Waals surface area contributed by atoms with Gasteiger partial charge in [0.15, 0.2) is 0 Å². The van der Waals surface area contributed by atoms with Gasteiger partial charge in [0.25, 0.3) is 0 Å². The van der Waals surface area contributed by atoms with Crippen LogP contribution in [0.5, 0.6) is 5.75 Å². The molecule has 6 nitrogen and oxygen atoms in total. The highest BCUT2D eigenvalue weighted by molar-refractivity contribution is 6.31. The van der Waals surface area contributed by atoms with E-state index in [0.29, 0.717) is 35.3 Å². The molecule has 1 unspecified atom stereocenters. The Morgan fingerprint density at radius 2 is 1.83 bits per heavy atom. The van der Waals surface area contributed by atoms with Crippen LogP contribution in [0.3, 0.4) is 0 Å². The van der Waals surface area contributed by atoms with Crippen LogP contribution >= 0.6 is 11.6 Å². The van der Waals surface area contributed by atoms with Crippen molar-refractivity contribution in [1.82, 2.24) is 10.6 Å². The second-order valence-electron chi connectivity index (χ2n) is 7.51. The smallest absolute Gasteiger partial charge is 0.338 e. The van der Waals surface area contributed by atoms with E-state index in [0.717, 1.165) is 11.1 Å². The molecule has 1 aliphatic rings. The minimum atomic E-state index is -0.601. The van der Waals surface area contributed by atoms with Gasteiger partial charge >= 0.3 is 12.0 Å². The van der Waals surface area contributed by atoms with Crippen LogP contribution in [0.25, 0.3) is 0 Å². The van der Waals surface area contributed by atoms with Gasteiger partial charge in [-0.25, -0.2) is 9.59 Å². The number of hydrogen-bond donors (Lipinski definition) is 2. The number of urea groups is 1. The summed E-state index contributed by atoms with van der Waals surface area (Å²) in [5, 5.41) is 6.09. The van der Waals surface area contributed by atoms with Gasteiger partial charge in [0, 0.05) is 16.3 Å². The second-order valence-corrected chi connectivity index (χ2v) is 7.92. The lowest BCUT2D eigenvalue weighted by Gasteiger charge is -2.28. The third-order valence-electron chi connectivity index (χ3n) is 4.60. The van der Waals surface area contributed by atoms with E-state index in [4.69, 9.17) is 21.1 Å². The van der Waals surface area contributed by atoms with Gasteiger partial charge in [-0.05, 0) is 36.6 Å². The van der Waals surface area contributed by atoms with Gasteiger partial charge in [0.05, 0.1) is 18.2 Å². The molecule has 3 rings (SSSR count). The summed E-state index contributed by atoms with van der Waals surface area (Å²) >= 11 is 6.16. The molecule has 0 bridgehead atoms. The van der Waals surface area contributed by atoms with Crippen molar-refractivity contribution >= 4 is 23.6 Å². The standard InChI is InChI=1S/C23H25ClN2O4/c1-14(2)12-30-22(27)20-15(3)25-23(28)26-21(20)16-8-10-18(11-9-16)29-13-17-6-4-5-7-19(17)24/h4-11,14,21H,12-13H2,1-3H3,(H2,25,26,28). The van der Waals surface area contributed by atoms with Crippen LogP contribution in [0, 0.1) is 5.92 Å². The SMILES string of the molecule is CC1=C(C(=O)OCC(C)C)C(c2ccc(OCc3ccccc3Cl)cc2)NC(=O)N1. The molecule has 158 valence electrons. The van der Waals surface area contributed by atoms with E-state index in [2.05, 4.69) is 10.6 Å². The van der Waals surface area contributed by atoms with Gasteiger partial charge in [0.2, 0.25) is 0 Å². The van der Waals surface area contributed by atoms with Crippen molar-refractivity contribution < 1.29 is 19.1 Å². The molecule has 2 aromatic carbocycles. The number of allylic oxidation sites excluding steroid dienone is 1. The van der Waals surface area contributed by atoms with Crippen LogP contribution in [0.1, 0.15) is 37.9 Å². The van der Waals surface area contributed by atoms with Gasteiger partial charge in [-0.2, -0.15) is 0 Å². The molecule has 0 aromatic heterocycles. The zero-order valence-electron chi connectivity index (χ0n) is 17.2. The third kappa shape index (κ3) is 5.33. The number of carbonyl (C=O) groups is 2. The zero-order valence-corrected chi connectivity index (χ0v) is 18.0. The number of nitrogens with one attached hydrogen (secondary N) is 2. The first-order chi connectivity index (χ1) is 14.3. The number of halogens is 1. The molecule has 2 N–H and O–H groups in total. The molecule has 1 atom stereocenters. The minimum Gasteiger partial charge on any atom is -0.489 e. The molecule has 0 saturated heterocycles. The number of rotatable bonds is 7. The molecule has 1 heterocycles. The van der Waals surface area contributed by atoms with E-state index >= 15 is 0 Å². The van der Waals surface area contributed by atoms with Gasteiger partial charge in [0.1, 0.15) is 12.4 Å². The molecule has 0 fully saturated rings. The Hall–Kier alpha value is -2.99. The minimum absolute atomic E-state index is 0.217. The number of hydrogen-bond acceptors (Lipinski definition) is 4. The van der Waals surface area contributed by atoms with E-state index in [-0.39, 0.29) is 11.9 Å². The van der Waals surface area contributed by atoms with Crippen molar-refractivity contribution in [3.63, 3.8) is 0 Å². The number of ether oxygens (including phenoxy) is 2. The Morgan fingerprint density at radius 1 is 1.13 bits per heavy atom. The lowest BCUT2D eigenvalue weighted by molar-refractivity contribution is -0.140. The second kappa shape index (κ2) is 9.67. The lowest BCUT2D eigenvalue weighted by atomic mass is 9.95. The van der Waals surface area contributed by atoms with E-state index in [1.807, 2.05) is 50.2 Å². The maximum Gasteiger partial charge on any atom is 0.338 e. The van der Waals surface area contributed by atoms with Crippen molar-refractivity contribution in [3.8, 4) is 5.75 Å². The fraction of sp³-hybridized carbons (Fsp3) is 0.304. The fourth-order valence-corrected chi connectivity index (χ4v) is 3.26. The van der Waals surface area contributed by atoms with Crippen molar-refractivity contribution in [2.45, 2.75) is 33.4 Å². The van der Waals surface area contributed by atoms with Crippen LogP contribution in [0.15, 0.2) is 59.8 Å². The number of amides is 2. The Balaban J connectivity index is 1.75. The van der Waals surface area contributed by atoms with Gasteiger partial charge < -0.3 is 20.1 Å². The molecule has 0 saturated carbocycles. The zero-order chi connectivity index (χ0) is 21.7. The summed E-state index contributed by atoms with van der Waals surface area (Å²) in [6, 6.07) is 13.8. The Morgan fingerprint density at radius 3 is 2.50 bits per heavy atom. The first-order valence-corrected chi connectivity index (χ1v) is 10.1. The van der Waals surface area contributed by atoms with Crippen LogP contribution in [0.2, 0.25) is 5.02 Å². The summed E-state index contributed by atoms with van der Waals surface area (Å²) < 4.78 is 11.2. The highest BCUT2D eigenvalue weighted by Gasteiger charge is 2.32. The van der Waals surface area contributed by atoms with Gasteiger partial charge in [-0.1, -0.05) is 55.8 Å². The molecule has 2 aromatic rings. The molecular weight excluding hydrogens is 404 g/mol. The van der Waals surface area contributed by atoms with Crippen molar-refractivity contribution in [1.29, 1.82) is 0 Å². The summed E-state index contributed by atoms with van der Waals surface area (Å²) in [4.78, 5) is 24.7. The fourth-order valence-electron chi connectivity index (χ4n) is 3.07. The number of carbonyl (C=O) groups excluding carboxylic acids is 2. The number of esters is 1. The lowest BCUT2D eigenvalue weighted by Crippen LogP contribution is -2.45. The summed E-state index contributed by atoms with van der Waals surface area (Å²) in [6.45, 7) is 6.28. The van der Waals surface area contributed by atoms with Crippen molar-refractivity contribution in [2.75, 3.05) is 6.61 Å². The van der Waals surface area contributed by atoms with Crippen molar-refractivity contribution in [2.24, 2.45) is 5.92 Å². The predicted molar refractivity (Wildman–Crippen MR) is 115 cm³/mol. The van der Waals surface area contributed by atoms with Crippen LogP contribution in [-0.2, 0) is 16.1 Å². The Kier molecular flexibility index (Phi) is 7.00. The summed E-state index contributed by atoms with van der Waals surface area (Å²) in [7, 11) is 0. The summed E-state index contributed by atoms with van der Waals surface area (Å²) in [5.41, 5.74) is 2.52. The Labute approximate surface area is 181 Å². The topological polar surface area (TPSA) is 76.7 Å². The average Bonchev–Trinajstić information content (AvgIpc) is 2.71. The predicted octanol–water partition coefficient (Wildman–Crippen LogP) is 4.75. The molecular formula is C23H25ClN2O4. The first-order valence-electron chi connectivity index (χ1n) is 9.76. The van der Waals surface area contributed by atoms with Crippen LogP contribution in [0.4, 0.5) is 4.79 Å². The van der Waals surface area contributed by atoms with E-state index < -0.39 is 12.0 Å². The van der Waals surface area contributed by atoms with Crippen LogP contribution < -0.4 is 15.4 Å². The van der Waals surface area contributed by atoms with Gasteiger partial charge in [-0.3, -0.25) is 0 Å². The molecule has 0 aliphatic carbocycles. The van der Waals surface area contributed by atoms with Crippen molar-refractivity contribution in [3.05, 3.63) is 76.0 Å². The maximum atomic E-state index is 12.7. The molecule has 0 radical (unpaired) electrons. The summed E-state index contributed by atoms with van der Waals surface area (Å²) in [5.74, 6) is 0.426. The van der Waals surface area contributed by atoms with E-state index in [1.54, 1.807) is 19.1 Å². The third-order valence-corrected chi connectivity index (χ3v) is 4.97. The Bertz CT molecular complexity index is 954. The monoisotopic (exact) mass is 428 g/mol. The maximum absolute atomic E-state index is 12.7. The molecule has 0 spiro atoms. The highest BCUT2D eigenvalue weighted by atomic mass is 35.5. The number of benzene rings is 2. The quantitative estimate of drug-likeness (QED) is 0.624. The molecule has 7 heteroatoms. The summed E-state index contributed by atoms with van der Waals surface area (Å²) in [6.07, 6.45) is 0.